The van der Waals surface area contributed by atoms with E-state index in [-0.39, 0.29) is 0 Å². The molecular formula is C18H23NO. The SMILES string of the molecule is Cc1cccc(OCCCNc2ccc(C)c(C)c2)c1. The number of anilines is 1. The summed E-state index contributed by atoms with van der Waals surface area (Å²) in [5.41, 5.74) is 5.07. The highest BCUT2D eigenvalue weighted by Gasteiger charge is 1.97. The Morgan fingerprint density at radius 1 is 0.950 bits per heavy atom. The minimum atomic E-state index is 0.737. The van der Waals surface area contributed by atoms with Crippen LogP contribution in [0, 0.1) is 20.8 Å². The van der Waals surface area contributed by atoms with Gasteiger partial charge in [-0.05, 0) is 68.1 Å². The second-order valence-electron chi connectivity index (χ2n) is 5.24. The van der Waals surface area contributed by atoms with Crippen molar-refractivity contribution >= 4 is 5.69 Å². The highest BCUT2D eigenvalue weighted by molar-refractivity contribution is 5.47. The molecule has 0 amide bonds. The molecule has 2 nitrogen and oxygen atoms in total. The van der Waals surface area contributed by atoms with Gasteiger partial charge in [-0.2, -0.15) is 0 Å². The molecule has 0 heterocycles. The molecule has 106 valence electrons. The van der Waals surface area contributed by atoms with Crippen molar-refractivity contribution < 1.29 is 4.74 Å². The summed E-state index contributed by atoms with van der Waals surface area (Å²) in [6.07, 6.45) is 0.987. The van der Waals surface area contributed by atoms with Crippen molar-refractivity contribution in [3.63, 3.8) is 0 Å². The molecule has 0 spiro atoms. The van der Waals surface area contributed by atoms with Crippen LogP contribution in [0.3, 0.4) is 0 Å². The second-order valence-corrected chi connectivity index (χ2v) is 5.24. The van der Waals surface area contributed by atoms with Crippen LogP contribution in [0.1, 0.15) is 23.1 Å². The fourth-order valence-corrected chi connectivity index (χ4v) is 2.05. The van der Waals surface area contributed by atoms with Crippen LogP contribution in [-0.2, 0) is 0 Å². The van der Waals surface area contributed by atoms with Gasteiger partial charge in [-0.1, -0.05) is 18.2 Å². The molecule has 0 atom stereocenters. The van der Waals surface area contributed by atoms with Crippen molar-refractivity contribution in [2.75, 3.05) is 18.5 Å². The van der Waals surface area contributed by atoms with Crippen LogP contribution >= 0.6 is 0 Å². The van der Waals surface area contributed by atoms with Crippen molar-refractivity contribution in [1.82, 2.24) is 0 Å². The first-order chi connectivity index (χ1) is 9.65. The molecule has 0 aliphatic heterocycles. The lowest BCUT2D eigenvalue weighted by molar-refractivity contribution is 0.315. The summed E-state index contributed by atoms with van der Waals surface area (Å²) in [5.74, 6) is 0.955. The first-order valence-electron chi connectivity index (χ1n) is 7.16. The molecule has 0 aliphatic carbocycles. The van der Waals surface area contributed by atoms with Gasteiger partial charge >= 0.3 is 0 Å². The maximum Gasteiger partial charge on any atom is 0.119 e. The van der Waals surface area contributed by atoms with Crippen LogP contribution in [-0.4, -0.2) is 13.2 Å². The normalized spacial score (nSPS) is 10.3. The molecule has 0 aliphatic rings. The molecule has 0 aromatic heterocycles. The number of ether oxygens (including phenoxy) is 1. The quantitative estimate of drug-likeness (QED) is 0.780. The van der Waals surface area contributed by atoms with Gasteiger partial charge in [0.2, 0.25) is 0 Å². The fourth-order valence-electron chi connectivity index (χ4n) is 2.05. The predicted octanol–water partition coefficient (Wildman–Crippen LogP) is 4.49. The minimum Gasteiger partial charge on any atom is -0.494 e. The molecule has 2 aromatic carbocycles. The number of benzene rings is 2. The number of hydrogen-bond donors (Lipinski definition) is 1. The highest BCUT2D eigenvalue weighted by Crippen LogP contribution is 2.14. The summed E-state index contributed by atoms with van der Waals surface area (Å²) in [6.45, 7) is 8.01. The molecule has 20 heavy (non-hydrogen) atoms. The molecule has 2 rings (SSSR count). The Bertz CT molecular complexity index is 563. The number of rotatable bonds is 6. The van der Waals surface area contributed by atoms with Crippen molar-refractivity contribution in [2.24, 2.45) is 0 Å². The Morgan fingerprint density at radius 3 is 2.55 bits per heavy atom. The number of aryl methyl sites for hydroxylation is 3. The van der Waals surface area contributed by atoms with Crippen LogP contribution in [0.15, 0.2) is 42.5 Å². The highest BCUT2D eigenvalue weighted by atomic mass is 16.5. The van der Waals surface area contributed by atoms with E-state index in [1.807, 2.05) is 12.1 Å². The third kappa shape index (κ3) is 4.30. The van der Waals surface area contributed by atoms with E-state index < -0.39 is 0 Å². The minimum absolute atomic E-state index is 0.737. The standard InChI is InChI=1S/C18H23NO/c1-14-6-4-7-18(12-14)20-11-5-10-19-17-9-8-15(2)16(3)13-17/h4,6-9,12-13,19H,5,10-11H2,1-3H3. The summed E-state index contributed by atoms with van der Waals surface area (Å²) in [4.78, 5) is 0. The molecule has 0 unspecified atom stereocenters. The van der Waals surface area contributed by atoms with E-state index in [9.17, 15) is 0 Å². The molecule has 0 fully saturated rings. The maximum atomic E-state index is 5.73. The van der Waals surface area contributed by atoms with Gasteiger partial charge < -0.3 is 10.1 Å². The summed E-state index contributed by atoms with van der Waals surface area (Å²) >= 11 is 0. The Hall–Kier alpha value is -1.96. The monoisotopic (exact) mass is 269 g/mol. The van der Waals surface area contributed by atoms with E-state index in [0.29, 0.717) is 0 Å². The molecule has 0 saturated carbocycles. The van der Waals surface area contributed by atoms with Gasteiger partial charge in [0.15, 0.2) is 0 Å². The van der Waals surface area contributed by atoms with Gasteiger partial charge in [-0.25, -0.2) is 0 Å². The largest absolute Gasteiger partial charge is 0.494 e. The molecule has 0 radical (unpaired) electrons. The average Bonchev–Trinajstić information content (AvgIpc) is 2.42. The molecule has 2 heteroatoms. The summed E-state index contributed by atoms with van der Waals surface area (Å²) in [6, 6.07) is 14.6. The fraction of sp³-hybridized carbons (Fsp3) is 0.333. The lowest BCUT2D eigenvalue weighted by Gasteiger charge is -2.10. The smallest absolute Gasteiger partial charge is 0.119 e. The topological polar surface area (TPSA) is 21.3 Å². The van der Waals surface area contributed by atoms with E-state index in [1.54, 1.807) is 0 Å². The Balaban J connectivity index is 1.70. The van der Waals surface area contributed by atoms with Crippen LogP contribution in [0.25, 0.3) is 0 Å². The lowest BCUT2D eigenvalue weighted by Crippen LogP contribution is -2.07. The van der Waals surface area contributed by atoms with Gasteiger partial charge in [0, 0.05) is 12.2 Å². The Labute approximate surface area is 121 Å². The summed E-state index contributed by atoms with van der Waals surface area (Å²) in [7, 11) is 0. The molecule has 0 saturated heterocycles. The van der Waals surface area contributed by atoms with Crippen molar-refractivity contribution in [1.29, 1.82) is 0 Å². The second kappa shape index (κ2) is 6.99. The van der Waals surface area contributed by atoms with Crippen LogP contribution < -0.4 is 10.1 Å². The average molecular weight is 269 g/mol. The van der Waals surface area contributed by atoms with Crippen molar-refractivity contribution in [3.8, 4) is 5.75 Å². The van der Waals surface area contributed by atoms with Gasteiger partial charge in [-0.3, -0.25) is 0 Å². The van der Waals surface area contributed by atoms with E-state index in [1.165, 1.54) is 22.4 Å². The Kier molecular flexibility index (Phi) is 5.05. The Morgan fingerprint density at radius 2 is 1.80 bits per heavy atom. The van der Waals surface area contributed by atoms with Crippen LogP contribution in [0.5, 0.6) is 5.75 Å². The molecule has 1 N–H and O–H groups in total. The van der Waals surface area contributed by atoms with E-state index >= 15 is 0 Å². The first kappa shape index (κ1) is 14.4. The third-order valence-corrected chi connectivity index (χ3v) is 3.42. The van der Waals surface area contributed by atoms with Crippen molar-refractivity contribution in [3.05, 3.63) is 59.2 Å². The zero-order valence-corrected chi connectivity index (χ0v) is 12.6. The summed E-state index contributed by atoms with van der Waals surface area (Å²) < 4.78 is 5.73. The predicted molar refractivity (Wildman–Crippen MR) is 85.7 cm³/mol. The van der Waals surface area contributed by atoms with Crippen molar-refractivity contribution in [2.45, 2.75) is 27.2 Å². The van der Waals surface area contributed by atoms with Gasteiger partial charge in [0.25, 0.3) is 0 Å². The van der Waals surface area contributed by atoms with E-state index in [2.05, 4.69) is 56.4 Å². The molecule has 0 bridgehead atoms. The van der Waals surface area contributed by atoms with E-state index in [0.717, 1.165) is 25.3 Å². The van der Waals surface area contributed by atoms with Gasteiger partial charge in [0.05, 0.1) is 6.61 Å². The molecule has 2 aromatic rings. The molecular weight excluding hydrogens is 246 g/mol. The van der Waals surface area contributed by atoms with Gasteiger partial charge in [-0.15, -0.1) is 0 Å². The van der Waals surface area contributed by atoms with Gasteiger partial charge in [0.1, 0.15) is 5.75 Å². The maximum absolute atomic E-state index is 5.73. The zero-order chi connectivity index (χ0) is 14.4. The van der Waals surface area contributed by atoms with E-state index in [4.69, 9.17) is 4.74 Å². The number of hydrogen-bond acceptors (Lipinski definition) is 2. The van der Waals surface area contributed by atoms with Crippen LogP contribution in [0.2, 0.25) is 0 Å². The summed E-state index contributed by atoms with van der Waals surface area (Å²) in [5, 5.41) is 3.43. The third-order valence-electron chi connectivity index (χ3n) is 3.42. The lowest BCUT2D eigenvalue weighted by atomic mass is 10.1. The van der Waals surface area contributed by atoms with Crippen LogP contribution in [0.4, 0.5) is 5.69 Å². The first-order valence-corrected chi connectivity index (χ1v) is 7.16. The number of nitrogens with one attached hydrogen (secondary N) is 1. The zero-order valence-electron chi connectivity index (χ0n) is 12.6.